The molecular weight excluding hydrogens is 616 g/mol. The number of fused-ring (bicyclic) bond motifs is 2. The van der Waals surface area contributed by atoms with Gasteiger partial charge in [-0.2, -0.15) is 0 Å². The summed E-state index contributed by atoms with van der Waals surface area (Å²) in [5.41, 5.74) is 0. The number of Topliss-reactive ketones (excluding diaryl/α,β-unsaturated/α-hetero) is 2. The quantitative estimate of drug-likeness (QED) is 0.148. The first-order chi connectivity index (χ1) is 23.8. The fraction of sp³-hybridized carbons (Fsp3) is 0.902. The number of ketones is 2. The summed E-state index contributed by atoms with van der Waals surface area (Å²) in [6.45, 7) is 4.35. The lowest BCUT2D eigenvalue weighted by Gasteiger charge is -2.44. The number of nitrogens with two attached hydrogens (primary N) is 1. The van der Waals surface area contributed by atoms with Crippen molar-refractivity contribution < 1.29 is 35.0 Å². The predicted octanol–water partition coefficient (Wildman–Crippen LogP) is 3.75. The molecule has 4 aliphatic carbocycles. The van der Waals surface area contributed by atoms with Crippen molar-refractivity contribution in [3.63, 3.8) is 0 Å². The largest absolute Gasteiger partial charge is 0.841 e. The molecule has 6 unspecified atom stereocenters. The smallest absolute Gasteiger partial charge is 0.140 e. The molecule has 8 heteroatoms. The van der Waals surface area contributed by atoms with Crippen LogP contribution < -0.4 is 15.7 Å². The number of methoxy groups -OCH3 is 1. The maximum absolute atomic E-state index is 14.2. The second-order valence-electron chi connectivity index (χ2n) is 16.8. The first-order valence-corrected chi connectivity index (χ1v) is 20.4. The zero-order valence-electron chi connectivity index (χ0n) is 30.7. The van der Waals surface area contributed by atoms with Crippen molar-refractivity contribution in [2.75, 3.05) is 26.8 Å². The molecule has 5 N–H and O–H groups in total. The van der Waals surface area contributed by atoms with E-state index in [4.69, 9.17) is 4.74 Å². The van der Waals surface area contributed by atoms with E-state index in [0.717, 1.165) is 77.3 Å². The third-order valence-electron chi connectivity index (χ3n) is 13.4. The molecule has 1 heterocycles. The minimum absolute atomic E-state index is 0.128. The molecule has 0 spiro atoms. The van der Waals surface area contributed by atoms with E-state index < -0.39 is 29.7 Å². The number of ether oxygens (including phenoxy) is 1. The van der Waals surface area contributed by atoms with Crippen LogP contribution in [0.4, 0.5) is 0 Å². The molecule has 12 atom stereocenters. The fourth-order valence-electron chi connectivity index (χ4n) is 10.8. The SMILES string of the molecule is CCCC[C@H]1C[C@@H](CC2CC[NH2+]C(NCCCO)C2)C[C@@H]2C#C[C@H](C3CCCCC3)C3CC(O)C(OC)CC3CCC(=O)[C@H]([O-])C(=O)[C@H]2C1. The Morgan fingerprint density at radius 2 is 1.73 bits per heavy atom. The van der Waals surface area contributed by atoms with Gasteiger partial charge >= 0.3 is 0 Å². The zero-order chi connectivity index (χ0) is 34.8. The number of carbonyl (C=O) groups is 2. The maximum atomic E-state index is 14.2. The molecule has 0 radical (unpaired) electrons. The van der Waals surface area contributed by atoms with Gasteiger partial charge in [0.05, 0.1) is 18.8 Å². The van der Waals surface area contributed by atoms with E-state index >= 15 is 0 Å². The van der Waals surface area contributed by atoms with Gasteiger partial charge in [0.15, 0.2) is 0 Å². The summed E-state index contributed by atoms with van der Waals surface area (Å²) < 4.78 is 5.70. The van der Waals surface area contributed by atoms with Crippen LogP contribution in [0.1, 0.15) is 129 Å². The van der Waals surface area contributed by atoms with Crippen molar-refractivity contribution in [2.45, 2.75) is 153 Å². The molecule has 1 saturated heterocycles. The Bertz CT molecular complexity index is 1100. The maximum Gasteiger partial charge on any atom is 0.140 e. The van der Waals surface area contributed by atoms with Gasteiger partial charge in [0.1, 0.15) is 17.7 Å². The number of carbonyl (C=O) groups excluding carboxylic acids is 2. The number of quaternary nitrogens is 1. The molecule has 0 aromatic heterocycles. The minimum atomic E-state index is -1.82. The van der Waals surface area contributed by atoms with Crippen molar-refractivity contribution in [2.24, 2.45) is 53.3 Å². The van der Waals surface area contributed by atoms with Crippen LogP contribution in [-0.2, 0) is 14.3 Å². The number of unbranched alkanes of at least 4 members (excludes halogenated alkanes) is 1. The number of hydrogen-bond donors (Lipinski definition) is 4. The summed E-state index contributed by atoms with van der Waals surface area (Å²) >= 11 is 0. The summed E-state index contributed by atoms with van der Waals surface area (Å²) in [4.78, 5) is 27.7. The van der Waals surface area contributed by atoms with Gasteiger partial charge in [-0.15, -0.1) is 0 Å². The predicted molar refractivity (Wildman–Crippen MR) is 189 cm³/mol. The van der Waals surface area contributed by atoms with E-state index in [-0.39, 0.29) is 42.8 Å². The normalized spacial score (nSPS) is 39.8. The summed E-state index contributed by atoms with van der Waals surface area (Å²) in [5.74, 6) is 8.43. The van der Waals surface area contributed by atoms with E-state index in [2.05, 4.69) is 29.4 Å². The standard InChI is InChI=1S/C41H67N2O6/c1-3-4-9-27-20-29(21-28-16-18-43-39(24-28)42-17-8-19-44)22-31-12-14-33(30-10-6-5-7-11-30)34-26-37(46)38(49-2)25-32(34)13-15-36(45)41(48)40(47)35(31)23-27/h27-35,37-39,41-44,46H,3-11,13,15-26H2,1-2H3/q-1/p+1/t27-,28?,29-,31-,32?,33+,34?,35-,37?,38?,39?,41-/m0/s1. The van der Waals surface area contributed by atoms with Crippen molar-refractivity contribution >= 4 is 11.6 Å². The highest BCUT2D eigenvalue weighted by Crippen LogP contribution is 2.46. The summed E-state index contributed by atoms with van der Waals surface area (Å²) in [5, 5.41) is 40.2. The minimum Gasteiger partial charge on any atom is -0.841 e. The van der Waals surface area contributed by atoms with Gasteiger partial charge < -0.3 is 35.0 Å². The molecule has 49 heavy (non-hydrogen) atoms. The third kappa shape index (κ3) is 10.6. The molecule has 8 nitrogen and oxygen atoms in total. The Kier molecular flexibility index (Phi) is 15.5. The second kappa shape index (κ2) is 19.5. The molecule has 5 aliphatic rings. The Morgan fingerprint density at radius 1 is 0.918 bits per heavy atom. The molecule has 278 valence electrons. The number of piperidine rings is 1. The highest BCUT2D eigenvalue weighted by Gasteiger charge is 2.44. The van der Waals surface area contributed by atoms with Crippen LogP contribution in [0, 0.1) is 65.1 Å². The first-order valence-electron chi connectivity index (χ1n) is 20.4. The van der Waals surface area contributed by atoms with E-state index in [1.54, 1.807) is 7.11 Å². The Labute approximate surface area is 296 Å². The Morgan fingerprint density at radius 3 is 2.49 bits per heavy atom. The number of rotatable bonds is 11. The van der Waals surface area contributed by atoms with Crippen molar-refractivity contribution in [1.82, 2.24) is 5.32 Å². The van der Waals surface area contributed by atoms with Crippen LogP contribution in [0.2, 0.25) is 0 Å². The molecule has 0 amide bonds. The van der Waals surface area contributed by atoms with Gasteiger partial charge in [-0.25, -0.2) is 0 Å². The van der Waals surface area contributed by atoms with Gasteiger partial charge in [-0.3, -0.25) is 5.32 Å². The number of aliphatic hydroxyl groups excluding tert-OH is 2. The summed E-state index contributed by atoms with van der Waals surface area (Å²) in [6, 6.07) is 0. The number of aliphatic hydroxyl groups is 2. The van der Waals surface area contributed by atoms with Gasteiger partial charge in [0.2, 0.25) is 0 Å². The molecule has 4 fully saturated rings. The van der Waals surface area contributed by atoms with E-state index in [0.29, 0.717) is 55.5 Å². The van der Waals surface area contributed by atoms with Crippen LogP contribution in [0.25, 0.3) is 0 Å². The number of hydrogen-bond acceptors (Lipinski definition) is 7. The second-order valence-corrected chi connectivity index (χ2v) is 16.8. The summed E-state index contributed by atoms with van der Waals surface area (Å²) in [7, 11) is 1.65. The van der Waals surface area contributed by atoms with Gasteiger partial charge in [0.25, 0.3) is 0 Å². The molecule has 0 bridgehead atoms. The molecule has 0 aromatic carbocycles. The number of nitrogens with one attached hydrogen (secondary N) is 1. The topological polar surface area (TPSA) is 136 Å². The van der Waals surface area contributed by atoms with Crippen molar-refractivity contribution in [3.05, 3.63) is 0 Å². The highest BCUT2D eigenvalue weighted by atomic mass is 16.5. The van der Waals surface area contributed by atoms with Crippen LogP contribution >= 0.6 is 0 Å². The third-order valence-corrected chi connectivity index (χ3v) is 13.4. The van der Waals surface area contributed by atoms with Crippen molar-refractivity contribution in [1.29, 1.82) is 0 Å². The fourth-order valence-corrected chi connectivity index (χ4v) is 10.8. The van der Waals surface area contributed by atoms with Crippen LogP contribution in [0.3, 0.4) is 0 Å². The van der Waals surface area contributed by atoms with Gasteiger partial charge in [-0.05, 0) is 112 Å². The monoisotopic (exact) mass is 685 g/mol. The van der Waals surface area contributed by atoms with E-state index in [9.17, 15) is 24.9 Å². The summed E-state index contributed by atoms with van der Waals surface area (Å²) in [6.07, 6.45) is 15.7. The zero-order valence-corrected chi connectivity index (χ0v) is 30.7. The average Bonchev–Trinajstić information content (AvgIpc) is 3.28. The molecule has 3 saturated carbocycles. The average molecular weight is 685 g/mol. The Balaban J connectivity index is 1.47. The van der Waals surface area contributed by atoms with Gasteiger partial charge in [0, 0.05) is 50.9 Å². The lowest BCUT2D eigenvalue weighted by Crippen LogP contribution is -2.95. The Hall–Kier alpha value is -1.34. The molecule has 5 rings (SSSR count). The first kappa shape index (κ1) is 38.9. The van der Waals surface area contributed by atoms with Crippen LogP contribution in [0.5, 0.6) is 0 Å². The van der Waals surface area contributed by atoms with Crippen molar-refractivity contribution in [3.8, 4) is 11.8 Å². The van der Waals surface area contributed by atoms with E-state index in [1.165, 1.54) is 25.7 Å². The molecule has 0 aromatic rings. The molecule has 1 aliphatic heterocycles. The lowest BCUT2D eigenvalue weighted by molar-refractivity contribution is -0.705. The van der Waals surface area contributed by atoms with Crippen LogP contribution in [-0.4, -0.2) is 73.1 Å². The van der Waals surface area contributed by atoms with Gasteiger partial charge in [-0.1, -0.05) is 57.3 Å². The lowest BCUT2D eigenvalue weighted by atomic mass is 9.63. The van der Waals surface area contributed by atoms with Crippen LogP contribution in [0.15, 0.2) is 0 Å². The molecular formula is C41H68N2O6. The highest BCUT2D eigenvalue weighted by molar-refractivity contribution is 6.05. The van der Waals surface area contributed by atoms with E-state index in [1.807, 2.05) is 0 Å².